The molecule has 0 spiro atoms. The predicted octanol–water partition coefficient (Wildman–Crippen LogP) is -0.105. The van der Waals surface area contributed by atoms with Crippen molar-refractivity contribution in [3.63, 3.8) is 0 Å². The minimum Gasteiger partial charge on any atom is -0.442 e. The van der Waals surface area contributed by atoms with Gasteiger partial charge in [0.2, 0.25) is 0 Å². The van der Waals surface area contributed by atoms with Crippen LogP contribution in [0, 0.1) is 0 Å². The van der Waals surface area contributed by atoms with Crippen LogP contribution in [0.25, 0.3) is 0 Å². The quantitative estimate of drug-likeness (QED) is 0.710. The van der Waals surface area contributed by atoms with Crippen molar-refractivity contribution in [1.29, 1.82) is 0 Å². The van der Waals surface area contributed by atoms with E-state index in [9.17, 15) is 4.79 Å². The lowest BCUT2D eigenvalue weighted by molar-refractivity contribution is 0.0946. The molecule has 0 aromatic carbocycles. The SMILES string of the molecule is O=C1O[C@@H](CO)CN1CCN1CCCC1. The first kappa shape index (κ1) is 10.7. The maximum Gasteiger partial charge on any atom is 0.410 e. The Balaban J connectivity index is 1.72. The zero-order valence-electron chi connectivity index (χ0n) is 8.89. The highest BCUT2D eigenvalue weighted by Gasteiger charge is 2.30. The molecule has 1 atom stereocenters. The number of amides is 1. The first-order chi connectivity index (χ1) is 7.29. The van der Waals surface area contributed by atoms with Gasteiger partial charge in [-0.1, -0.05) is 0 Å². The van der Waals surface area contributed by atoms with Crippen molar-refractivity contribution < 1.29 is 14.6 Å². The Bertz CT molecular complexity index is 229. The molecule has 2 fully saturated rings. The maximum absolute atomic E-state index is 11.3. The van der Waals surface area contributed by atoms with E-state index in [0.29, 0.717) is 6.54 Å². The van der Waals surface area contributed by atoms with Crippen molar-refractivity contribution >= 4 is 6.09 Å². The van der Waals surface area contributed by atoms with Crippen molar-refractivity contribution in [2.24, 2.45) is 0 Å². The lowest BCUT2D eigenvalue weighted by Crippen LogP contribution is -2.34. The van der Waals surface area contributed by atoms with Crippen LogP contribution in [0.2, 0.25) is 0 Å². The first-order valence-electron chi connectivity index (χ1n) is 5.58. The van der Waals surface area contributed by atoms with Crippen LogP contribution in [-0.2, 0) is 4.74 Å². The van der Waals surface area contributed by atoms with Crippen LogP contribution in [0.4, 0.5) is 4.79 Å². The summed E-state index contributed by atoms with van der Waals surface area (Å²) in [5, 5.41) is 8.87. The minimum atomic E-state index is -0.323. The third-order valence-electron chi connectivity index (χ3n) is 3.04. The van der Waals surface area contributed by atoms with E-state index in [2.05, 4.69) is 4.90 Å². The van der Waals surface area contributed by atoms with Gasteiger partial charge in [-0.05, 0) is 25.9 Å². The molecule has 0 radical (unpaired) electrons. The molecule has 0 aliphatic carbocycles. The molecule has 15 heavy (non-hydrogen) atoms. The fourth-order valence-corrected chi connectivity index (χ4v) is 2.12. The number of aliphatic hydroxyl groups excluding tert-OH is 1. The number of rotatable bonds is 4. The standard InChI is InChI=1S/C10H18N2O3/c13-8-9-7-12(10(14)15-9)6-5-11-3-1-2-4-11/h9,13H,1-8H2/t9-/m1/s1. The summed E-state index contributed by atoms with van der Waals surface area (Å²) in [5.74, 6) is 0. The monoisotopic (exact) mass is 214 g/mol. The maximum atomic E-state index is 11.3. The normalized spacial score (nSPS) is 27.4. The number of aliphatic hydroxyl groups is 1. The molecule has 2 heterocycles. The highest BCUT2D eigenvalue weighted by atomic mass is 16.6. The van der Waals surface area contributed by atoms with Crippen molar-refractivity contribution in [2.75, 3.05) is 39.3 Å². The van der Waals surface area contributed by atoms with Crippen LogP contribution < -0.4 is 0 Å². The van der Waals surface area contributed by atoms with Crippen LogP contribution in [0.15, 0.2) is 0 Å². The lowest BCUT2D eigenvalue weighted by atomic mass is 10.3. The van der Waals surface area contributed by atoms with Gasteiger partial charge in [-0.25, -0.2) is 4.79 Å². The Hall–Kier alpha value is -0.810. The predicted molar refractivity (Wildman–Crippen MR) is 54.6 cm³/mol. The lowest BCUT2D eigenvalue weighted by Gasteiger charge is -2.18. The molecule has 2 rings (SSSR count). The summed E-state index contributed by atoms with van der Waals surface area (Å²) in [5.41, 5.74) is 0. The number of hydrogen-bond donors (Lipinski definition) is 1. The van der Waals surface area contributed by atoms with Gasteiger partial charge in [-0.15, -0.1) is 0 Å². The van der Waals surface area contributed by atoms with Crippen molar-refractivity contribution in [3.05, 3.63) is 0 Å². The highest BCUT2D eigenvalue weighted by Crippen LogP contribution is 2.12. The van der Waals surface area contributed by atoms with Gasteiger partial charge < -0.3 is 19.6 Å². The van der Waals surface area contributed by atoms with Crippen molar-refractivity contribution in [3.8, 4) is 0 Å². The Labute approximate surface area is 89.6 Å². The Morgan fingerprint density at radius 3 is 2.67 bits per heavy atom. The Kier molecular flexibility index (Phi) is 3.43. The van der Waals surface area contributed by atoms with Crippen molar-refractivity contribution in [1.82, 2.24) is 9.80 Å². The molecule has 1 amide bonds. The van der Waals surface area contributed by atoms with E-state index in [4.69, 9.17) is 9.84 Å². The topological polar surface area (TPSA) is 53.0 Å². The highest BCUT2D eigenvalue weighted by molar-refractivity contribution is 5.69. The van der Waals surface area contributed by atoms with Gasteiger partial charge in [-0.3, -0.25) is 0 Å². The second-order valence-electron chi connectivity index (χ2n) is 4.18. The molecule has 0 aromatic heterocycles. The van der Waals surface area contributed by atoms with Gasteiger partial charge in [0.05, 0.1) is 13.2 Å². The number of carbonyl (C=O) groups is 1. The average Bonchev–Trinajstić information content (AvgIpc) is 2.84. The van der Waals surface area contributed by atoms with Crippen LogP contribution >= 0.6 is 0 Å². The molecule has 0 bridgehead atoms. The average molecular weight is 214 g/mol. The first-order valence-corrected chi connectivity index (χ1v) is 5.58. The summed E-state index contributed by atoms with van der Waals surface area (Å²) in [6.07, 6.45) is 1.93. The zero-order valence-corrected chi connectivity index (χ0v) is 8.89. The van der Waals surface area contributed by atoms with E-state index in [1.165, 1.54) is 12.8 Å². The molecule has 1 N–H and O–H groups in total. The fraction of sp³-hybridized carbons (Fsp3) is 0.900. The zero-order chi connectivity index (χ0) is 10.7. The smallest absolute Gasteiger partial charge is 0.410 e. The molecule has 86 valence electrons. The largest absolute Gasteiger partial charge is 0.442 e. The molecule has 2 saturated heterocycles. The van der Waals surface area contributed by atoms with Gasteiger partial charge in [0.15, 0.2) is 0 Å². The summed E-state index contributed by atoms with van der Waals surface area (Å²) in [6.45, 7) is 4.39. The van der Waals surface area contributed by atoms with Gasteiger partial charge in [0, 0.05) is 13.1 Å². The number of likely N-dealkylation sites (tertiary alicyclic amines) is 1. The van der Waals surface area contributed by atoms with Gasteiger partial charge in [0.25, 0.3) is 0 Å². The van der Waals surface area contributed by atoms with Crippen LogP contribution in [0.5, 0.6) is 0 Å². The van der Waals surface area contributed by atoms with Gasteiger partial charge >= 0.3 is 6.09 Å². The minimum absolute atomic E-state index is 0.0774. The van der Waals surface area contributed by atoms with Gasteiger partial charge in [0.1, 0.15) is 6.10 Å². The second-order valence-corrected chi connectivity index (χ2v) is 4.18. The second kappa shape index (κ2) is 4.81. The number of hydrogen-bond acceptors (Lipinski definition) is 4. The van der Waals surface area contributed by atoms with E-state index in [0.717, 1.165) is 26.2 Å². The van der Waals surface area contributed by atoms with Gasteiger partial charge in [-0.2, -0.15) is 0 Å². The molecule has 0 saturated carbocycles. The molecule has 5 nitrogen and oxygen atoms in total. The number of cyclic esters (lactones) is 1. The molecular formula is C10H18N2O3. The van der Waals surface area contributed by atoms with E-state index < -0.39 is 0 Å². The van der Waals surface area contributed by atoms with Crippen LogP contribution in [0.3, 0.4) is 0 Å². The third-order valence-corrected chi connectivity index (χ3v) is 3.04. The van der Waals surface area contributed by atoms with E-state index >= 15 is 0 Å². The summed E-state index contributed by atoms with van der Waals surface area (Å²) < 4.78 is 4.96. The molecule has 0 aromatic rings. The number of carbonyl (C=O) groups excluding carboxylic acids is 1. The molecular weight excluding hydrogens is 196 g/mol. The Morgan fingerprint density at radius 1 is 1.33 bits per heavy atom. The van der Waals surface area contributed by atoms with Crippen LogP contribution in [0.1, 0.15) is 12.8 Å². The van der Waals surface area contributed by atoms with E-state index in [-0.39, 0.29) is 18.8 Å². The van der Waals surface area contributed by atoms with Crippen molar-refractivity contribution in [2.45, 2.75) is 18.9 Å². The fourth-order valence-electron chi connectivity index (χ4n) is 2.12. The van der Waals surface area contributed by atoms with E-state index in [1.807, 2.05) is 0 Å². The molecule has 5 heteroatoms. The number of nitrogens with zero attached hydrogens (tertiary/aromatic N) is 2. The molecule has 0 unspecified atom stereocenters. The summed E-state index contributed by atoms with van der Waals surface area (Å²) in [4.78, 5) is 15.4. The summed E-state index contributed by atoms with van der Waals surface area (Å²) >= 11 is 0. The molecule has 2 aliphatic rings. The number of ether oxygens (including phenoxy) is 1. The van der Waals surface area contributed by atoms with E-state index in [1.54, 1.807) is 4.90 Å². The summed E-state index contributed by atoms with van der Waals surface area (Å²) in [7, 11) is 0. The third kappa shape index (κ3) is 2.60. The summed E-state index contributed by atoms with van der Waals surface area (Å²) in [6, 6.07) is 0. The Morgan fingerprint density at radius 2 is 2.07 bits per heavy atom. The molecule has 2 aliphatic heterocycles. The van der Waals surface area contributed by atoms with Crippen LogP contribution in [-0.4, -0.2) is 66.4 Å².